The van der Waals surface area contributed by atoms with Gasteiger partial charge in [0.15, 0.2) is 18.0 Å². The number of hydrogen-bond acceptors (Lipinski definition) is 4. The fourth-order valence-electron chi connectivity index (χ4n) is 6.08. The van der Waals surface area contributed by atoms with E-state index < -0.39 is 5.60 Å². The van der Waals surface area contributed by atoms with Crippen molar-refractivity contribution in [2.24, 2.45) is 5.92 Å². The van der Waals surface area contributed by atoms with Crippen molar-refractivity contribution < 1.29 is 24.3 Å². The Kier molecular flexibility index (Phi) is 5.16. The lowest BCUT2D eigenvalue weighted by Crippen LogP contribution is -3.16. The summed E-state index contributed by atoms with van der Waals surface area (Å²) in [4.78, 5) is 16.4. The quantitative estimate of drug-likeness (QED) is 0.809. The number of nitrogens with zero attached hydrogens (tertiary/aromatic N) is 1. The Morgan fingerprint density at radius 3 is 2.79 bits per heavy atom. The lowest BCUT2D eigenvalue weighted by molar-refractivity contribution is -0.938. The summed E-state index contributed by atoms with van der Waals surface area (Å²) < 4.78 is 11.1. The van der Waals surface area contributed by atoms with Gasteiger partial charge in [0.2, 0.25) is 6.79 Å². The first-order valence-corrected chi connectivity index (χ1v) is 11.4. The zero-order valence-corrected chi connectivity index (χ0v) is 17.2. The molecule has 3 aliphatic heterocycles. The number of hydrogen-bond donors (Lipinski definition) is 2. The van der Waals surface area contributed by atoms with Gasteiger partial charge in [0.1, 0.15) is 6.04 Å². The Balaban J connectivity index is 1.43. The zero-order chi connectivity index (χ0) is 19.8. The summed E-state index contributed by atoms with van der Waals surface area (Å²) in [5.41, 5.74) is 0.567. The van der Waals surface area contributed by atoms with Crippen LogP contribution < -0.4 is 14.4 Å². The smallest absolute Gasteiger partial charge is 0.277 e. The maximum atomic E-state index is 13.1. The van der Waals surface area contributed by atoms with E-state index in [1.54, 1.807) is 0 Å². The van der Waals surface area contributed by atoms with Crippen molar-refractivity contribution in [3.63, 3.8) is 0 Å². The third-order valence-corrected chi connectivity index (χ3v) is 7.63. The minimum atomic E-state index is -0.600. The monoisotopic (exact) mass is 401 g/mol. The first-order chi connectivity index (χ1) is 14.1. The highest BCUT2D eigenvalue weighted by molar-refractivity contribution is 5.77. The van der Waals surface area contributed by atoms with Crippen molar-refractivity contribution in [3.05, 3.63) is 23.8 Å². The van der Waals surface area contributed by atoms with Gasteiger partial charge in [-0.3, -0.25) is 4.79 Å². The molecule has 1 unspecified atom stereocenters. The number of amides is 1. The fourth-order valence-corrected chi connectivity index (χ4v) is 6.08. The molecule has 6 heteroatoms. The molecule has 3 heterocycles. The second-order valence-electron chi connectivity index (χ2n) is 9.32. The molecule has 2 saturated heterocycles. The van der Waals surface area contributed by atoms with Crippen LogP contribution >= 0.6 is 0 Å². The molecule has 158 valence electrons. The van der Waals surface area contributed by atoms with Gasteiger partial charge < -0.3 is 24.4 Å². The van der Waals surface area contributed by atoms with Gasteiger partial charge in [-0.2, -0.15) is 0 Å². The van der Waals surface area contributed by atoms with E-state index in [-0.39, 0.29) is 24.7 Å². The van der Waals surface area contributed by atoms with Crippen molar-refractivity contribution >= 4 is 5.91 Å². The second kappa shape index (κ2) is 7.80. The average molecular weight is 402 g/mol. The van der Waals surface area contributed by atoms with E-state index >= 15 is 0 Å². The molecular formula is C23H33N2O4+. The van der Waals surface area contributed by atoms with Crippen molar-refractivity contribution in [3.8, 4) is 11.5 Å². The van der Waals surface area contributed by atoms with E-state index in [0.29, 0.717) is 6.54 Å². The molecule has 5 rings (SSSR count). The highest BCUT2D eigenvalue weighted by atomic mass is 16.7. The van der Waals surface area contributed by atoms with Gasteiger partial charge >= 0.3 is 0 Å². The third kappa shape index (κ3) is 3.61. The van der Waals surface area contributed by atoms with Crippen molar-refractivity contribution in [2.45, 2.75) is 63.0 Å². The number of quaternary nitrogens is 1. The Labute approximate surface area is 172 Å². The van der Waals surface area contributed by atoms with Gasteiger partial charge in [0.25, 0.3) is 5.91 Å². The molecule has 0 aromatic heterocycles. The van der Waals surface area contributed by atoms with Crippen LogP contribution in [0.2, 0.25) is 0 Å². The Morgan fingerprint density at radius 2 is 1.93 bits per heavy atom. The minimum absolute atomic E-state index is 0.122. The molecule has 0 radical (unpaired) electrons. The van der Waals surface area contributed by atoms with Crippen LogP contribution in [0.25, 0.3) is 0 Å². The average Bonchev–Trinajstić information content (AvgIpc) is 3.22. The predicted octanol–water partition coefficient (Wildman–Crippen LogP) is 1.68. The molecule has 3 fully saturated rings. The van der Waals surface area contributed by atoms with Crippen LogP contribution in [-0.4, -0.2) is 54.5 Å². The van der Waals surface area contributed by atoms with Gasteiger partial charge in [0, 0.05) is 31.0 Å². The van der Waals surface area contributed by atoms with Crippen LogP contribution in [0, 0.1) is 5.92 Å². The van der Waals surface area contributed by atoms with Gasteiger partial charge in [-0.25, -0.2) is 0 Å². The molecule has 1 amide bonds. The fraction of sp³-hybridized carbons (Fsp3) is 0.696. The largest absolute Gasteiger partial charge is 0.454 e. The summed E-state index contributed by atoms with van der Waals surface area (Å²) in [6, 6.07) is 6.30. The van der Waals surface area contributed by atoms with E-state index in [1.165, 1.54) is 16.9 Å². The van der Waals surface area contributed by atoms with Gasteiger partial charge in [-0.15, -0.1) is 0 Å². The van der Waals surface area contributed by atoms with Crippen LogP contribution in [0.5, 0.6) is 11.5 Å². The van der Waals surface area contributed by atoms with Crippen molar-refractivity contribution in [2.75, 3.05) is 33.0 Å². The van der Waals surface area contributed by atoms with E-state index in [2.05, 4.69) is 17.0 Å². The summed E-state index contributed by atoms with van der Waals surface area (Å²) in [5, 5.41) is 11.5. The normalized spacial score (nSPS) is 34.0. The predicted molar refractivity (Wildman–Crippen MR) is 108 cm³/mol. The highest BCUT2D eigenvalue weighted by Gasteiger charge is 2.52. The van der Waals surface area contributed by atoms with Gasteiger partial charge in [-0.05, 0) is 50.3 Å². The number of piperidine rings is 2. The Bertz CT molecular complexity index is 763. The molecule has 4 atom stereocenters. The van der Waals surface area contributed by atoms with E-state index in [0.717, 1.165) is 76.1 Å². The highest BCUT2D eigenvalue weighted by Crippen LogP contribution is 2.45. The van der Waals surface area contributed by atoms with Crippen molar-refractivity contribution in [1.29, 1.82) is 0 Å². The van der Waals surface area contributed by atoms with Crippen LogP contribution in [0.3, 0.4) is 0 Å². The number of aliphatic hydroxyl groups is 1. The standard InChI is InChI=1S/C23H32N2O4/c26-21(24-11-4-1-5-12-24)15-25-13-10-23(27)9-3-2-6-18(23)22(25)17-7-8-19-20(14-17)29-16-28-19/h7-8,14,18,22,27H,1-6,9-13,15-16H2/p+1/t18-,22-,23+/m1/s1. The molecule has 4 aliphatic rings. The molecule has 0 spiro atoms. The van der Waals surface area contributed by atoms with Crippen LogP contribution in [-0.2, 0) is 4.79 Å². The molecule has 1 aromatic carbocycles. The van der Waals surface area contributed by atoms with Crippen LogP contribution in [0.4, 0.5) is 0 Å². The minimum Gasteiger partial charge on any atom is -0.454 e. The van der Waals surface area contributed by atoms with E-state index in [4.69, 9.17) is 9.47 Å². The number of benzene rings is 1. The molecular weight excluding hydrogens is 368 g/mol. The summed E-state index contributed by atoms with van der Waals surface area (Å²) in [5.74, 6) is 2.03. The number of carbonyl (C=O) groups is 1. The molecule has 0 bridgehead atoms. The third-order valence-electron chi connectivity index (χ3n) is 7.63. The van der Waals surface area contributed by atoms with Gasteiger partial charge in [0.05, 0.1) is 12.1 Å². The second-order valence-corrected chi connectivity index (χ2v) is 9.32. The van der Waals surface area contributed by atoms with E-state index in [1.807, 2.05) is 6.07 Å². The Hall–Kier alpha value is -1.79. The SMILES string of the molecule is O=C(C[NH+]1CC[C@@]2(O)CCCC[C@@H]2[C@H]1c1ccc2c(c1)OCO2)N1CCCCC1. The summed E-state index contributed by atoms with van der Waals surface area (Å²) in [6.07, 6.45) is 8.42. The first-order valence-electron chi connectivity index (χ1n) is 11.4. The molecule has 2 N–H and O–H groups in total. The number of likely N-dealkylation sites (tertiary alicyclic amines) is 2. The molecule has 29 heavy (non-hydrogen) atoms. The maximum absolute atomic E-state index is 13.1. The maximum Gasteiger partial charge on any atom is 0.277 e. The van der Waals surface area contributed by atoms with Crippen LogP contribution in [0.15, 0.2) is 18.2 Å². The van der Waals surface area contributed by atoms with Crippen molar-refractivity contribution in [1.82, 2.24) is 4.90 Å². The molecule has 1 aliphatic carbocycles. The lowest BCUT2D eigenvalue weighted by atomic mass is 9.66. The molecule has 1 aromatic rings. The summed E-state index contributed by atoms with van der Waals surface area (Å²) >= 11 is 0. The number of carbonyl (C=O) groups excluding carboxylic acids is 1. The number of nitrogens with one attached hydrogen (secondary N) is 1. The first kappa shape index (κ1) is 19.2. The molecule has 1 saturated carbocycles. The number of ether oxygens (including phenoxy) is 2. The zero-order valence-electron chi connectivity index (χ0n) is 17.2. The summed E-state index contributed by atoms with van der Waals surface area (Å²) in [6.45, 7) is 3.42. The van der Waals surface area contributed by atoms with Crippen LogP contribution in [0.1, 0.15) is 63.0 Å². The topological polar surface area (TPSA) is 63.4 Å². The van der Waals surface area contributed by atoms with Gasteiger partial charge in [-0.1, -0.05) is 12.8 Å². The lowest BCUT2D eigenvalue weighted by Gasteiger charge is -2.50. The summed E-state index contributed by atoms with van der Waals surface area (Å²) in [7, 11) is 0. The van der Waals surface area contributed by atoms with E-state index in [9.17, 15) is 9.90 Å². The number of rotatable bonds is 3. The Morgan fingerprint density at radius 1 is 1.10 bits per heavy atom. The number of fused-ring (bicyclic) bond motifs is 2. The molecule has 6 nitrogen and oxygen atoms in total.